The number of hydrogen-bond donors (Lipinski definition) is 3. The Bertz CT molecular complexity index is 2540. The summed E-state index contributed by atoms with van der Waals surface area (Å²) < 4.78 is 0. The lowest BCUT2D eigenvalue weighted by Gasteiger charge is -2.31. The van der Waals surface area contributed by atoms with Gasteiger partial charge in [-0.05, 0) is 130 Å². The highest BCUT2D eigenvalue weighted by Crippen LogP contribution is 2.42. The van der Waals surface area contributed by atoms with Crippen LogP contribution in [0.15, 0.2) is 78.6 Å². The molecule has 2 amide bonds. The molecule has 2 saturated carbocycles. The number of aliphatic imine (C=N–C) groups is 1. The zero-order valence-corrected chi connectivity index (χ0v) is 38.3. The van der Waals surface area contributed by atoms with Crippen molar-refractivity contribution in [2.24, 2.45) is 10.7 Å². The quantitative estimate of drug-likeness (QED) is 0.0779. The molecular formula is C49H61ClN10O5. The first-order valence-electron chi connectivity index (χ1n) is 21.5. The molecule has 0 bridgehead atoms. The Hall–Kier alpha value is -6.00. The van der Waals surface area contributed by atoms with Crippen LogP contribution in [0.5, 0.6) is 5.88 Å². The molecule has 4 N–H and O–H groups in total. The number of nitrogens with zero attached hydrogens (tertiary/aromatic N) is 8. The van der Waals surface area contributed by atoms with Gasteiger partial charge < -0.3 is 25.6 Å². The summed E-state index contributed by atoms with van der Waals surface area (Å²) in [6.45, 7) is 4.25. The lowest BCUT2D eigenvalue weighted by atomic mass is 9.90. The van der Waals surface area contributed by atoms with Gasteiger partial charge in [-0.2, -0.15) is 0 Å². The van der Waals surface area contributed by atoms with Crippen molar-refractivity contribution in [3.05, 3.63) is 107 Å². The Morgan fingerprint density at radius 2 is 1.32 bits per heavy atom. The van der Waals surface area contributed by atoms with E-state index >= 15 is 0 Å². The SMILES string of the molecule is C.CC(=O)c1ccc2[nH]c(O)c(C(=NC3CCC(N(C)C)CC3)c3cnccn3)c2c1.CC(=O)c1ccc2c(c1)/C(=C(\Cl)c1cnccn1)C(=O)N2C(C)=O.CN(C)C1CCC(N)CC1. The molecule has 3 aliphatic rings. The van der Waals surface area contributed by atoms with Crippen LogP contribution in [0, 0.1) is 0 Å². The topological polar surface area (TPSA) is 204 Å². The second-order valence-corrected chi connectivity index (χ2v) is 17.3. The number of carbonyl (C=O) groups excluding carboxylic acids is 4. The first-order valence-corrected chi connectivity index (χ1v) is 21.9. The van der Waals surface area contributed by atoms with Crippen LogP contribution >= 0.6 is 11.6 Å². The summed E-state index contributed by atoms with van der Waals surface area (Å²) >= 11 is 6.37. The van der Waals surface area contributed by atoms with Crippen LogP contribution < -0.4 is 10.6 Å². The number of rotatable bonds is 8. The molecule has 0 atom stereocenters. The van der Waals surface area contributed by atoms with E-state index in [0.29, 0.717) is 57.1 Å². The van der Waals surface area contributed by atoms with Crippen LogP contribution in [-0.2, 0) is 9.59 Å². The normalized spacial score (nSPS) is 20.3. The van der Waals surface area contributed by atoms with Gasteiger partial charge in [0.15, 0.2) is 17.4 Å². The fourth-order valence-electron chi connectivity index (χ4n) is 8.37. The van der Waals surface area contributed by atoms with Crippen molar-refractivity contribution >= 4 is 67.9 Å². The molecule has 0 saturated heterocycles. The number of carbonyl (C=O) groups is 4. The molecule has 3 aromatic heterocycles. The predicted octanol–water partition coefficient (Wildman–Crippen LogP) is 7.71. The van der Waals surface area contributed by atoms with Crippen LogP contribution in [0.1, 0.15) is 123 Å². The van der Waals surface area contributed by atoms with Crippen molar-refractivity contribution in [3.8, 4) is 5.88 Å². The second-order valence-electron chi connectivity index (χ2n) is 16.9. The number of hydrogen-bond acceptors (Lipinski definition) is 13. The van der Waals surface area contributed by atoms with Gasteiger partial charge in [-0.15, -0.1) is 0 Å². The van der Waals surface area contributed by atoms with Crippen molar-refractivity contribution in [1.82, 2.24) is 34.7 Å². The summed E-state index contributed by atoms with van der Waals surface area (Å²) in [5, 5.41) is 11.6. The molecule has 2 aliphatic carbocycles. The summed E-state index contributed by atoms with van der Waals surface area (Å²) in [7, 11) is 8.55. The van der Waals surface area contributed by atoms with Gasteiger partial charge in [0.05, 0.1) is 46.0 Å². The number of amides is 2. The number of ketones is 2. The number of fused-ring (bicyclic) bond motifs is 2. The highest BCUT2D eigenvalue weighted by molar-refractivity contribution is 6.60. The Balaban J connectivity index is 0.000000202. The van der Waals surface area contributed by atoms with Crippen LogP contribution in [0.3, 0.4) is 0 Å². The molecule has 15 nitrogen and oxygen atoms in total. The van der Waals surface area contributed by atoms with Gasteiger partial charge in [-0.1, -0.05) is 19.0 Å². The molecule has 0 unspecified atom stereocenters. The number of benzene rings is 2. The summed E-state index contributed by atoms with van der Waals surface area (Å²) in [5.74, 6) is -1.13. The minimum atomic E-state index is -0.547. The van der Waals surface area contributed by atoms with Crippen LogP contribution in [0.25, 0.3) is 21.5 Å². The summed E-state index contributed by atoms with van der Waals surface area (Å²) in [5.41, 5.74) is 10.6. The maximum Gasteiger partial charge on any atom is 0.267 e. The third-order valence-corrected chi connectivity index (χ3v) is 12.4. The molecule has 4 heterocycles. The number of aromatic amines is 1. The Labute approximate surface area is 386 Å². The van der Waals surface area contributed by atoms with Crippen LogP contribution in [0.2, 0.25) is 0 Å². The molecular weight excluding hydrogens is 844 g/mol. The van der Waals surface area contributed by atoms with E-state index in [1.54, 1.807) is 48.9 Å². The number of aromatic hydroxyl groups is 1. The number of imide groups is 1. The Morgan fingerprint density at radius 3 is 1.85 bits per heavy atom. The van der Waals surface area contributed by atoms with Crippen molar-refractivity contribution < 1.29 is 24.3 Å². The molecule has 0 radical (unpaired) electrons. The van der Waals surface area contributed by atoms with E-state index in [1.807, 2.05) is 6.07 Å². The van der Waals surface area contributed by atoms with E-state index in [9.17, 15) is 24.3 Å². The number of H-pyrrole nitrogens is 1. The number of nitrogens with two attached hydrogens (primary N) is 1. The second kappa shape index (κ2) is 22.3. The Kier molecular flexibility index (Phi) is 17.1. The predicted molar refractivity (Wildman–Crippen MR) is 257 cm³/mol. The van der Waals surface area contributed by atoms with Gasteiger partial charge in [-0.25, -0.2) is 4.90 Å². The van der Waals surface area contributed by atoms with Crippen molar-refractivity contribution in [2.75, 3.05) is 33.1 Å². The van der Waals surface area contributed by atoms with Gasteiger partial charge in [0.2, 0.25) is 5.91 Å². The number of halogens is 1. The molecule has 1 aliphatic heterocycles. The van der Waals surface area contributed by atoms with Gasteiger partial charge >= 0.3 is 0 Å². The van der Waals surface area contributed by atoms with Gasteiger partial charge in [0, 0.05) is 77.4 Å². The molecule has 344 valence electrons. The van der Waals surface area contributed by atoms with Gasteiger partial charge in [0.25, 0.3) is 5.91 Å². The number of Topliss-reactive ketones (excluding diaryl/α,β-unsaturated/α-hetero) is 2. The molecule has 0 spiro atoms. The van der Waals surface area contributed by atoms with Gasteiger partial charge in [-0.3, -0.25) is 44.1 Å². The van der Waals surface area contributed by atoms with E-state index in [1.165, 1.54) is 65.0 Å². The fraction of sp³-hybridized carbons (Fsp3) is 0.408. The van der Waals surface area contributed by atoms with Crippen molar-refractivity contribution in [2.45, 2.75) is 104 Å². The maximum absolute atomic E-state index is 12.7. The standard InChI is InChI=1S/C23H27N5O2.C17H12ClN3O3.C8H18N2.CH4/c1-14(29)15-4-9-19-18(12-15)21(23(30)27-19)22(20-13-24-10-11-25-20)26-16-5-7-17(8-6-16)28(2)3;1-9(22)11-3-4-14-12(7-11)15(17(24)21(14)10(2)23)16(18)13-8-19-5-6-20-13;1-10(2)8-5-3-7(9)4-6-8;/h4,9-13,16-17,27,30H,5-8H2,1-3H3;3-8H,1-2H3;7-8H,3-6,9H2,1-2H3;1H4/b;16-15+;;. The van der Waals surface area contributed by atoms with Crippen LogP contribution in [-0.4, -0.2) is 121 Å². The average Bonchev–Trinajstić information content (AvgIpc) is 3.77. The van der Waals surface area contributed by atoms with E-state index < -0.39 is 11.8 Å². The van der Waals surface area contributed by atoms with Crippen molar-refractivity contribution in [1.29, 1.82) is 0 Å². The smallest absolute Gasteiger partial charge is 0.267 e. The third kappa shape index (κ3) is 11.8. The minimum absolute atomic E-state index is 0. The van der Waals surface area contributed by atoms with E-state index in [4.69, 9.17) is 22.3 Å². The first-order chi connectivity index (χ1) is 30.5. The summed E-state index contributed by atoms with van der Waals surface area (Å²) in [4.78, 5) is 78.6. The monoisotopic (exact) mass is 904 g/mol. The van der Waals surface area contributed by atoms with E-state index in [0.717, 1.165) is 47.5 Å². The highest BCUT2D eigenvalue weighted by Gasteiger charge is 2.38. The van der Waals surface area contributed by atoms with E-state index in [2.05, 4.69) is 62.9 Å². The summed E-state index contributed by atoms with van der Waals surface area (Å²) in [6, 6.07) is 12.1. The highest BCUT2D eigenvalue weighted by atomic mass is 35.5. The molecule has 16 heteroatoms. The van der Waals surface area contributed by atoms with Gasteiger partial charge in [0.1, 0.15) is 11.4 Å². The molecule has 65 heavy (non-hydrogen) atoms. The zero-order chi connectivity index (χ0) is 46.2. The summed E-state index contributed by atoms with van der Waals surface area (Å²) in [6.07, 6.45) is 18.4. The van der Waals surface area contributed by atoms with E-state index in [-0.39, 0.29) is 41.5 Å². The Morgan fingerprint density at radius 1 is 0.785 bits per heavy atom. The maximum atomic E-state index is 12.7. The number of nitrogens with one attached hydrogen (secondary N) is 1. The average molecular weight is 906 g/mol. The van der Waals surface area contributed by atoms with Crippen molar-refractivity contribution in [3.63, 3.8) is 0 Å². The minimum Gasteiger partial charge on any atom is -0.494 e. The zero-order valence-electron chi connectivity index (χ0n) is 37.5. The first kappa shape index (κ1) is 50.0. The fourth-order valence-corrected chi connectivity index (χ4v) is 8.65. The molecule has 2 aromatic carbocycles. The number of aromatic nitrogens is 5. The van der Waals surface area contributed by atoms with Crippen LogP contribution in [0.4, 0.5) is 5.69 Å². The lowest BCUT2D eigenvalue weighted by molar-refractivity contribution is -0.122. The molecule has 2 fully saturated rings. The third-order valence-electron chi connectivity index (χ3n) is 12.1. The molecule has 8 rings (SSSR count). The largest absolute Gasteiger partial charge is 0.494 e. The lowest BCUT2D eigenvalue weighted by Crippen LogP contribution is -2.36. The molecule has 5 aromatic rings. The number of anilines is 1.